The van der Waals surface area contributed by atoms with Gasteiger partial charge in [-0.25, -0.2) is 19.3 Å². The molecular weight excluding hydrogens is 343 g/mol. The highest BCUT2D eigenvalue weighted by Gasteiger charge is 2.13. The Bertz CT molecular complexity index is 1040. The van der Waals surface area contributed by atoms with Crippen molar-refractivity contribution in [1.82, 2.24) is 24.9 Å². The minimum atomic E-state index is -0.524. The molecule has 4 aromatic rings. The molecule has 0 saturated carbocycles. The molecule has 4 aromatic heterocycles. The molecule has 0 saturated heterocycles. The first kappa shape index (κ1) is 15.5. The van der Waals surface area contributed by atoms with Gasteiger partial charge in [0.15, 0.2) is 17.5 Å². The Labute approximate surface area is 150 Å². The highest BCUT2D eigenvalue weighted by molar-refractivity contribution is 6.31. The predicted octanol–water partition coefficient (Wildman–Crippen LogP) is 4.31. The van der Waals surface area contributed by atoms with Gasteiger partial charge in [0.2, 0.25) is 0 Å². The standard InChI is InChI=1S/C17H12ClFN6.2H2/c18-11-4-12-13(8-23-15(12)22-7-11)16-24-9-14(19)17(25-16)21-6-10-2-1-3-20-5-10;;/h1-5,7-9H,6H2,(H,22,23)(H,21,24,25);2*1H. The number of anilines is 1. The summed E-state index contributed by atoms with van der Waals surface area (Å²) in [6.45, 7) is 0.405. The van der Waals surface area contributed by atoms with Crippen LogP contribution in [0.3, 0.4) is 0 Å². The van der Waals surface area contributed by atoms with Gasteiger partial charge in [-0.2, -0.15) is 0 Å². The van der Waals surface area contributed by atoms with Crippen LogP contribution in [-0.2, 0) is 6.54 Å². The number of pyridine rings is 2. The molecule has 6 nitrogen and oxygen atoms in total. The van der Waals surface area contributed by atoms with Crippen LogP contribution in [0.1, 0.15) is 8.42 Å². The molecule has 2 N–H and O–H groups in total. The van der Waals surface area contributed by atoms with E-state index < -0.39 is 5.82 Å². The third-order valence-electron chi connectivity index (χ3n) is 3.67. The molecule has 0 aliphatic heterocycles. The van der Waals surface area contributed by atoms with Crippen molar-refractivity contribution in [3.05, 3.63) is 65.6 Å². The molecule has 0 spiro atoms. The highest BCUT2D eigenvalue weighted by atomic mass is 35.5. The van der Waals surface area contributed by atoms with Crippen LogP contribution < -0.4 is 5.32 Å². The van der Waals surface area contributed by atoms with Gasteiger partial charge < -0.3 is 10.3 Å². The number of halogens is 2. The van der Waals surface area contributed by atoms with Crippen LogP contribution in [0.25, 0.3) is 22.4 Å². The Morgan fingerprint density at radius 1 is 1.24 bits per heavy atom. The number of fused-ring (bicyclic) bond motifs is 1. The number of aromatic amines is 1. The minimum Gasteiger partial charge on any atom is -0.363 e. The summed E-state index contributed by atoms with van der Waals surface area (Å²) in [5.41, 5.74) is 2.29. The van der Waals surface area contributed by atoms with E-state index in [1.807, 2.05) is 12.1 Å². The zero-order valence-corrected chi connectivity index (χ0v) is 13.6. The molecule has 0 aliphatic carbocycles. The molecule has 0 amide bonds. The van der Waals surface area contributed by atoms with Gasteiger partial charge in [-0.1, -0.05) is 17.7 Å². The Morgan fingerprint density at radius 2 is 2.16 bits per heavy atom. The first-order valence-electron chi connectivity index (χ1n) is 7.49. The van der Waals surface area contributed by atoms with Crippen molar-refractivity contribution in [3.63, 3.8) is 0 Å². The average molecular weight is 359 g/mol. The third-order valence-corrected chi connectivity index (χ3v) is 3.87. The van der Waals surface area contributed by atoms with E-state index in [1.165, 1.54) is 0 Å². The van der Waals surface area contributed by atoms with Gasteiger partial charge in [0.25, 0.3) is 0 Å². The zero-order chi connectivity index (χ0) is 17.2. The summed E-state index contributed by atoms with van der Waals surface area (Å²) in [6.07, 6.45) is 7.82. The smallest absolute Gasteiger partial charge is 0.183 e. The van der Waals surface area contributed by atoms with Crippen LogP contribution in [-0.4, -0.2) is 24.9 Å². The molecule has 0 aromatic carbocycles. The molecule has 4 heterocycles. The van der Waals surface area contributed by atoms with Crippen molar-refractivity contribution < 1.29 is 7.24 Å². The second-order valence-electron chi connectivity index (χ2n) is 5.36. The van der Waals surface area contributed by atoms with Gasteiger partial charge in [0.05, 0.1) is 11.2 Å². The molecular formula is C17H16ClFN6. The van der Waals surface area contributed by atoms with E-state index in [2.05, 4.69) is 30.2 Å². The fraction of sp³-hybridized carbons (Fsp3) is 0.0588. The number of nitrogens with one attached hydrogen (secondary N) is 2. The first-order valence-corrected chi connectivity index (χ1v) is 7.87. The van der Waals surface area contributed by atoms with Crippen molar-refractivity contribution in [2.24, 2.45) is 0 Å². The molecule has 0 atom stereocenters. The van der Waals surface area contributed by atoms with Crippen LogP contribution in [0.5, 0.6) is 0 Å². The summed E-state index contributed by atoms with van der Waals surface area (Å²) in [5.74, 6) is -0.0211. The molecule has 0 radical (unpaired) electrons. The van der Waals surface area contributed by atoms with Crippen LogP contribution in [0.4, 0.5) is 10.2 Å². The summed E-state index contributed by atoms with van der Waals surface area (Å²) in [6, 6.07) is 5.49. The van der Waals surface area contributed by atoms with Gasteiger partial charge >= 0.3 is 0 Å². The van der Waals surface area contributed by atoms with Gasteiger partial charge in [0, 0.05) is 45.1 Å². The Balaban J connectivity index is 0.00000131. The summed E-state index contributed by atoms with van der Waals surface area (Å²) >= 11 is 6.01. The fourth-order valence-corrected chi connectivity index (χ4v) is 2.63. The largest absolute Gasteiger partial charge is 0.363 e. The molecule has 0 fully saturated rings. The highest BCUT2D eigenvalue weighted by Crippen LogP contribution is 2.28. The lowest BCUT2D eigenvalue weighted by atomic mass is 10.2. The monoisotopic (exact) mass is 358 g/mol. The maximum absolute atomic E-state index is 14.0. The number of aromatic nitrogens is 5. The number of hydrogen-bond donors (Lipinski definition) is 2. The first-order chi connectivity index (χ1) is 12.2. The lowest BCUT2D eigenvalue weighted by Gasteiger charge is -2.08. The van der Waals surface area contributed by atoms with Crippen molar-refractivity contribution in [2.45, 2.75) is 6.54 Å². The SMILES string of the molecule is Fc1cnc(-c2c[nH]c3ncc(Cl)cc23)nc1NCc1cccnc1.[HH].[HH]. The molecule has 8 heteroatoms. The van der Waals surface area contributed by atoms with E-state index >= 15 is 0 Å². The van der Waals surface area contributed by atoms with Crippen molar-refractivity contribution >= 4 is 28.5 Å². The maximum Gasteiger partial charge on any atom is 0.183 e. The predicted molar refractivity (Wildman–Crippen MR) is 97.9 cm³/mol. The molecule has 0 aliphatic rings. The summed E-state index contributed by atoms with van der Waals surface area (Å²) in [5, 5.41) is 4.25. The Kier molecular flexibility index (Phi) is 3.99. The second kappa shape index (κ2) is 6.45. The lowest BCUT2D eigenvalue weighted by Crippen LogP contribution is -2.05. The van der Waals surface area contributed by atoms with Gasteiger partial charge in [0.1, 0.15) is 5.65 Å². The van der Waals surface area contributed by atoms with Crippen molar-refractivity contribution in [1.29, 1.82) is 0 Å². The van der Waals surface area contributed by atoms with E-state index in [0.717, 1.165) is 17.1 Å². The number of hydrogen-bond acceptors (Lipinski definition) is 5. The van der Waals surface area contributed by atoms with Crippen LogP contribution in [0.2, 0.25) is 5.02 Å². The summed E-state index contributed by atoms with van der Waals surface area (Å²) in [4.78, 5) is 19.7. The molecule has 0 bridgehead atoms. The Morgan fingerprint density at radius 3 is 3.00 bits per heavy atom. The lowest BCUT2D eigenvalue weighted by molar-refractivity contribution is 0.617. The molecule has 128 valence electrons. The topological polar surface area (TPSA) is 79.4 Å². The number of nitrogens with zero attached hydrogens (tertiary/aromatic N) is 4. The summed E-state index contributed by atoms with van der Waals surface area (Å²) < 4.78 is 14.0. The normalized spacial score (nSPS) is 11.0. The van der Waals surface area contributed by atoms with Crippen LogP contribution in [0, 0.1) is 5.82 Å². The molecule has 4 rings (SSSR count). The van der Waals surface area contributed by atoms with E-state index in [9.17, 15) is 4.39 Å². The Hall–Kier alpha value is -3.06. The minimum absolute atomic E-state index is 0. The molecule has 0 unspecified atom stereocenters. The van der Waals surface area contributed by atoms with E-state index in [4.69, 9.17) is 11.6 Å². The van der Waals surface area contributed by atoms with Crippen LogP contribution in [0.15, 0.2) is 49.2 Å². The van der Waals surface area contributed by atoms with Gasteiger partial charge in [-0.15, -0.1) is 0 Å². The van der Waals surface area contributed by atoms with Crippen molar-refractivity contribution in [3.8, 4) is 11.4 Å². The maximum atomic E-state index is 14.0. The fourth-order valence-electron chi connectivity index (χ4n) is 2.47. The number of rotatable bonds is 4. The third kappa shape index (κ3) is 3.14. The van der Waals surface area contributed by atoms with E-state index in [1.54, 1.807) is 30.9 Å². The van der Waals surface area contributed by atoms with Gasteiger partial charge in [-0.05, 0) is 17.7 Å². The second-order valence-corrected chi connectivity index (χ2v) is 5.79. The van der Waals surface area contributed by atoms with E-state index in [0.29, 0.717) is 28.6 Å². The summed E-state index contributed by atoms with van der Waals surface area (Å²) in [7, 11) is 0. The number of H-pyrrole nitrogens is 1. The van der Waals surface area contributed by atoms with Gasteiger partial charge in [-0.3, -0.25) is 4.98 Å². The van der Waals surface area contributed by atoms with Crippen LogP contribution >= 0.6 is 11.6 Å². The molecule has 25 heavy (non-hydrogen) atoms. The van der Waals surface area contributed by atoms with Crippen molar-refractivity contribution in [2.75, 3.05) is 5.32 Å². The average Bonchev–Trinajstić information content (AvgIpc) is 3.05. The zero-order valence-electron chi connectivity index (χ0n) is 12.9. The van der Waals surface area contributed by atoms with E-state index in [-0.39, 0.29) is 8.67 Å². The quantitative estimate of drug-likeness (QED) is 0.568.